The Kier molecular flexibility index (Phi) is 8.25. The first kappa shape index (κ1) is 25.4. The van der Waals surface area contributed by atoms with Gasteiger partial charge in [0.05, 0.1) is 11.7 Å². The van der Waals surface area contributed by atoms with Crippen LogP contribution in [0.4, 0.5) is 4.39 Å². The lowest BCUT2D eigenvalue weighted by molar-refractivity contribution is 0.0813. The average molecular weight is 445 g/mol. The van der Waals surface area contributed by atoms with E-state index in [2.05, 4.69) is 32.6 Å². The number of halogens is 1. The average Bonchev–Trinajstić information content (AvgIpc) is 3.12. The summed E-state index contributed by atoms with van der Waals surface area (Å²) in [5, 5.41) is 20.5. The molecule has 3 heteroatoms. The lowest BCUT2D eigenvalue weighted by Gasteiger charge is -2.44. The van der Waals surface area contributed by atoms with Crippen molar-refractivity contribution in [3.8, 4) is 0 Å². The van der Waals surface area contributed by atoms with Gasteiger partial charge in [0.25, 0.3) is 0 Å². The first-order chi connectivity index (χ1) is 15.1. The lowest BCUT2D eigenvalue weighted by atomic mass is 9.61. The van der Waals surface area contributed by atoms with E-state index in [1.165, 1.54) is 31.3 Å². The second-order valence-electron chi connectivity index (χ2n) is 11.0. The van der Waals surface area contributed by atoms with Crippen LogP contribution in [0, 0.1) is 23.2 Å². The van der Waals surface area contributed by atoms with Crippen LogP contribution in [0.1, 0.15) is 91.9 Å². The Morgan fingerprint density at radius 1 is 1.25 bits per heavy atom. The molecule has 2 N–H and O–H groups in total. The van der Waals surface area contributed by atoms with Crippen LogP contribution in [-0.2, 0) is 0 Å². The van der Waals surface area contributed by atoms with Crippen molar-refractivity contribution >= 4 is 0 Å². The summed E-state index contributed by atoms with van der Waals surface area (Å²) >= 11 is 0. The van der Waals surface area contributed by atoms with Crippen LogP contribution in [-0.4, -0.2) is 28.1 Å². The van der Waals surface area contributed by atoms with Gasteiger partial charge in [-0.3, -0.25) is 0 Å². The number of rotatable bonds is 7. The molecule has 0 amide bonds. The molecule has 3 rings (SSSR count). The first-order valence-electron chi connectivity index (χ1n) is 12.9. The highest BCUT2D eigenvalue weighted by Crippen LogP contribution is 2.59. The highest BCUT2D eigenvalue weighted by Gasteiger charge is 2.50. The number of hydrogen-bond acceptors (Lipinski definition) is 2. The van der Waals surface area contributed by atoms with Gasteiger partial charge in [0.1, 0.15) is 6.17 Å². The highest BCUT2D eigenvalue weighted by atomic mass is 19.1. The molecule has 3 fully saturated rings. The fourth-order valence-electron chi connectivity index (χ4n) is 6.80. The Morgan fingerprint density at radius 3 is 2.66 bits per heavy atom. The zero-order valence-corrected chi connectivity index (χ0v) is 20.7. The maximum Gasteiger partial charge on any atom is 0.127 e. The molecule has 0 bridgehead atoms. The predicted molar refractivity (Wildman–Crippen MR) is 132 cm³/mol. The molecule has 3 aliphatic carbocycles. The molecule has 2 nitrogen and oxygen atoms in total. The standard InChI is InChI=1S/C29H45FO2/c1-6-29(32,7-2)17-8-10-20(3)25-14-15-26-22(11-9-16-28(25,26)5)12-13-23-18-24(31)19-27(30)21(23)4/h8,12-13,17,20,24-27,31-32H,4,6-7,9-11,14-16,18-19H2,1-3,5H3/b17-8+,22-12+,23-13-. The Hall–Kier alpha value is -1.19. The van der Waals surface area contributed by atoms with E-state index < -0.39 is 17.9 Å². The third-order valence-corrected chi connectivity index (χ3v) is 9.11. The Morgan fingerprint density at radius 2 is 1.97 bits per heavy atom. The van der Waals surface area contributed by atoms with Gasteiger partial charge < -0.3 is 10.2 Å². The van der Waals surface area contributed by atoms with Crippen LogP contribution < -0.4 is 0 Å². The van der Waals surface area contributed by atoms with E-state index in [1.807, 2.05) is 26.0 Å². The second kappa shape index (κ2) is 10.4. The summed E-state index contributed by atoms with van der Waals surface area (Å²) in [5.41, 5.74) is 2.59. The fraction of sp³-hybridized carbons (Fsp3) is 0.724. The van der Waals surface area contributed by atoms with Crippen LogP contribution in [0.2, 0.25) is 0 Å². The quantitative estimate of drug-likeness (QED) is 0.406. The normalized spacial score (nSPS) is 37.4. The Labute approximate surface area is 195 Å². The molecule has 6 atom stereocenters. The topological polar surface area (TPSA) is 40.5 Å². The number of alkyl halides is 1. The summed E-state index contributed by atoms with van der Waals surface area (Å²) in [6.07, 6.45) is 16.1. The minimum Gasteiger partial charge on any atom is -0.393 e. The van der Waals surface area contributed by atoms with Gasteiger partial charge in [-0.15, -0.1) is 0 Å². The van der Waals surface area contributed by atoms with Gasteiger partial charge in [-0.25, -0.2) is 4.39 Å². The zero-order chi connectivity index (χ0) is 23.5. The lowest BCUT2D eigenvalue weighted by Crippen LogP contribution is -2.36. The number of fused-ring (bicyclic) bond motifs is 1. The van der Waals surface area contributed by atoms with Crippen LogP contribution in [0.15, 0.2) is 47.6 Å². The molecule has 180 valence electrons. The summed E-state index contributed by atoms with van der Waals surface area (Å²) in [6, 6.07) is 0. The molecular formula is C29H45FO2. The molecule has 3 saturated carbocycles. The van der Waals surface area contributed by atoms with Gasteiger partial charge >= 0.3 is 0 Å². The van der Waals surface area contributed by atoms with Crippen LogP contribution in [0.25, 0.3) is 0 Å². The summed E-state index contributed by atoms with van der Waals surface area (Å²) < 4.78 is 14.1. The summed E-state index contributed by atoms with van der Waals surface area (Å²) in [5.74, 6) is 1.87. The molecule has 0 saturated heterocycles. The molecule has 0 aromatic rings. The van der Waals surface area contributed by atoms with Gasteiger partial charge in [0.15, 0.2) is 0 Å². The molecule has 0 spiro atoms. The highest BCUT2D eigenvalue weighted by molar-refractivity contribution is 5.38. The predicted octanol–water partition coefficient (Wildman–Crippen LogP) is 7.24. The minimum absolute atomic E-state index is 0.176. The molecule has 0 aromatic heterocycles. The van der Waals surface area contributed by atoms with E-state index in [-0.39, 0.29) is 6.42 Å². The van der Waals surface area contributed by atoms with Crippen LogP contribution in [0.5, 0.6) is 0 Å². The fourth-order valence-corrected chi connectivity index (χ4v) is 6.80. The summed E-state index contributed by atoms with van der Waals surface area (Å²) in [7, 11) is 0. The van der Waals surface area contributed by atoms with Crippen molar-refractivity contribution in [3.05, 3.63) is 47.6 Å². The SMILES string of the molecule is C=C1/C(=C\C=C2/CCCC3(C)C2CCC3C(C)C/C=C/C(O)(CC)CC)CC(O)CC1F. The van der Waals surface area contributed by atoms with Gasteiger partial charge in [-0.1, -0.05) is 64.2 Å². The van der Waals surface area contributed by atoms with Crippen molar-refractivity contribution in [2.75, 3.05) is 0 Å². The zero-order valence-electron chi connectivity index (χ0n) is 20.7. The smallest absolute Gasteiger partial charge is 0.127 e. The third kappa shape index (κ3) is 5.30. The van der Waals surface area contributed by atoms with Crippen LogP contribution in [0.3, 0.4) is 0 Å². The van der Waals surface area contributed by atoms with Crippen molar-refractivity contribution in [2.45, 2.75) is 110 Å². The molecule has 0 radical (unpaired) electrons. The van der Waals surface area contributed by atoms with Crippen molar-refractivity contribution in [2.24, 2.45) is 23.2 Å². The number of allylic oxidation sites excluding steroid dienone is 5. The second-order valence-corrected chi connectivity index (χ2v) is 11.0. The van der Waals surface area contributed by atoms with Crippen molar-refractivity contribution < 1.29 is 14.6 Å². The van der Waals surface area contributed by atoms with E-state index in [9.17, 15) is 14.6 Å². The molecule has 32 heavy (non-hydrogen) atoms. The molecular weight excluding hydrogens is 399 g/mol. The van der Waals surface area contributed by atoms with Crippen LogP contribution >= 0.6 is 0 Å². The molecule has 0 aromatic carbocycles. The van der Waals surface area contributed by atoms with Crippen molar-refractivity contribution in [1.29, 1.82) is 0 Å². The number of aliphatic hydroxyl groups excluding tert-OH is 1. The van der Waals surface area contributed by atoms with Gasteiger partial charge in [-0.2, -0.15) is 0 Å². The Balaban J connectivity index is 1.72. The maximum atomic E-state index is 14.1. The third-order valence-electron chi connectivity index (χ3n) is 9.11. The summed E-state index contributed by atoms with van der Waals surface area (Å²) in [6.45, 7) is 12.9. The van der Waals surface area contributed by atoms with E-state index in [0.29, 0.717) is 35.2 Å². The van der Waals surface area contributed by atoms with E-state index in [1.54, 1.807) is 0 Å². The minimum atomic E-state index is -1.12. The van der Waals surface area contributed by atoms with Gasteiger partial charge in [0, 0.05) is 6.42 Å². The summed E-state index contributed by atoms with van der Waals surface area (Å²) in [4.78, 5) is 0. The van der Waals surface area contributed by atoms with E-state index in [4.69, 9.17) is 0 Å². The van der Waals surface area contributed by atoms with Gasteiger partial charge in [0.2, 0.25) is 0 Å². The largest absolute Gasteiger partial charge is 0.393 e. The number of hydrogen-bond donors (Lipinski definition) is 2. The molecule has 0 aliphatic heterocycles. The van der Waals surface area contributed by atoms with Crippen molar-refractivity contribution in [1.82, 2.24) is 0 Å². The monoisotopic (exact) mass is 444 g/mol. The van der Waals surface area contributed by atoms with Gasteiger partial charge in [-0.05, 0) is 92.1 Å². The first-order valence-corrected chi connectivity index (χ1v) is 12.9. The molecule has 3 aliphatic rings. The van der Waals surface area contributed by atoms with Crippen molar-refractivity contribution in [3.63, 3.8) is 0 Å². The van der Waals surface area contributed by atoms with E-state index >= 15 is 0 Å². The van der Waals surface area contributed by atoms with E-state index in [0.717, 1.165) is 31.3 Å². The molecule has 6 unspecified atom stereocenters. The maximum absolute atomic E-state index is 14.1. The number of aliphatic hydroxyl groups is 2. The Bertz CT molecular complexity index is 759. The molecule has 0 heterocycles.